The Morgan fingerprint density at radius 2 is 2.03 bits per heavy atom. The fraction of sp³-hybridized carbons (Fsp3) is 0.300. The van der Waals surface area contributed by atoms with Crippen LogP contribution in [-0.4, -0.2) is 37.1 Å². The van der Waals surface area contributed by atoms with Gasteiger partial charge in [-0.2, -0.15) is 0 Å². The Morgan fingerprint density at radius 1 is 1.24 bits per heavy atom. The van der Waals surface area contributed by atoms with Crippen LogP contribution in [0.5, 0.6) is 0 Å². The van der Waals surface area contributed by atoms with E-state index in [2.05, 4.69) is 19.9 Å². The molecule has 0 aliphatic heterocycles. The summed E-state index contributed by atoms with van der Waals surface area (Å²) in [6.07, 6.45) is 5.44. The van der Waals surface area contributed by atoms with Crippen molar-refractivity contribution >= 4 is 28.0 Å². The van der Waals surface area contributed by atoms with Crippen molar-refractivity contribution in [1.82, 2.24) is 24.5 Å². The Balaban J connectivity index is 1.82. The van der Waals surface area contributed by atoms with Crippen LogP contribution in [0.25, 0.3) is 33.5 Å². The number of halogens is 2. The molecule has 29 heavy (non-hydrogen) atoms. The lowest BCUT2D eigenvalue weighted by Gasteiger charge is -2.20. The van der Waals surface area contributed by atoms with Crippen LogP contribution in [0, 0.1) is 17.6 Å². The zero-order valence-electron chi connectivity index (χ0n) is 16.1. The summed E-state index contributed by atoms with van der Waals surface area (Å²) >= 11 is 0. The molecule has 0 unspecified atom stereocenters. The van der Waals surface area contributed by atoms with Crippen LogP contribution in [-0.2, 0) is 9.53 Å². The van der Waals surface area contributed by atoms with Crippen molar-refractivity contribution in [3.63, 3.8) is 0 Å². The molecule has 0 saturated heterocycles. The first-order valence-electron chi connectivity index (χ1n) is 9.23. The van der Waals surface area contributed by atoms with E-state index in [-0.39, 0.29) is 18.0 Å². The maximum Gasteiger partial charge on any atom is 0.310 e. The third-order valence-electron chi connectivity index (χ3n) is 5.08. The normalized spacial score (nSPS) is 13.7. The minimum Gasteiger partial charge on any atom is -0.466 e. The van der Waals surface area contributed by atoms with Gasteiger partial charge < -0.3 is 14.3 Å². The monoisotopic (exact) mass is 399 g/mol. The van der Waals surface area contributed by atoms with Gasteiger partial charge in [0.15, 0.2) is 11.6 Å². The first-order valence-corrected chi connectivity index (χ1v) is 9.23. The number of pyridine rings is 1. The molecule has 150 valence electrons. The Kier molecular flexibility index (Phi) is 4.73. The van der Waals surface area contributed by atoms with Gasteiger partial charge in [-0.25, -0.2) is 23.7 Å². The molecule has 7 nitrogen and oxygen atoms in total. The molecule has 0 aromatic carbocycles. The molecule has 0 spiro atoms. The predicted octanol–water partition coefficient (Wildman–Crippen LogP) is 4.01. The average Bonchev–Trinajstić information content (AvgIpc) is 3.27. The van der Waals surface area contributed by atoms with Crippen LogP contribution in [0.1, 0.15) is 26.8 Å². The van der Waals surface area contributed by atoms with Crippen molar-refractivity contribution in [2.75, 3.05) is 6.61 Å². The van der Waals surface area contributed by atoms with E-state index in [1.165, 1.54) is 18.5 Å². The molecule has 4 aromatic heterocycles. The minimum absolute atomic E-state index is 0.237. The smallest absolute Gasteiger partial charge is 0.310 e. The summed E-state index contributed by atoms with van der Waals surface area (Å²) in [4.78, 5) is 27.8. The quantitative estimate of drug-likeness (QED) is 0.513. The number of aromatic amines is 1. The van der Waals surface area contributed by atoms with E-state index in [1.54, 1.807) is 31.5 Å². The third-order valence-corrected chi connectivity index (χ3v) is 5.08. The van der Waals surface area contributed by atoms with E-state index in [0.717, 1.165) is 6.20 Å². The number of rotatable bonds is 5. The molecule has 4 aromatic rings. The van der Waals surface area contributed by atoms with Gasteiger partial charge in [-0.05, 0) is 26.8 Å². The van der Waals surface area contributed by atoms with Gasteiger partial charge >= 0.3 is 5.97 Å². The molecule has 0 radical (unpaired) electrons. The number of H-pyrrole nitrogens is 1. The van der Waals surface area contributed by atoms with Crippen molar-refractivity contribution < 1.29 is 18.3 Å². The zero-order chi connectivity index (χ0) is 20.7. The Hall–Kier alpha value is -3.36. The Labute approximate surface area is 164 Å². The van der Waals surface area contributed by atoms with Crippen molar-refractivity contribution in [2.45, 2.75) is 26.8 Å². The first-order chi connectivity index (χ1) is 13.9. The summed E-state index contributed by atoms with van der Waals surface area (Å²) in [6, 6.07) is 0.943. The van der Waals surface area contributed by atoms with Crippen molar-refractivity contribution in [3.8, 4) is 11.4 Å². The highest BCUT2D eigenvalue weighted by Crippen LogP contribution is 2.30. The van der Waals surface area contributed by atoms with Crippen molar-refractivity contribution in [2.24, 2.45) is 5.92 Å². The topological polar surface area (TPSA) is 85.7 Å². The molecule has 0 aliphatic rings. The van der Waals surface area contributed by atoms with Crippen LogP contribution >= 0.6 is 0 Å². The number of fused-ring (bicyclic) bond motifs is 2. The van der Waals surface area contributed by atoms with Gasteiger partial charge in [0.1, 0.15) is 17.1 Å². The van der Waals surface area contributed by atoms with E-state index in [9.17, 15) is 13.6 Å². The summed E-state index contributed by atoms with van der Waals surface area (Å²) in [5.74, 6) is -1.54. The number of nitrogens with one attached hydrogen (secondary N) is 1. The number of esters is 1. The largest absolute Gasteiger partial charge is 0.466 e. The molecule has 4 heterocycles. The second-order valence-corrected chi connectivity index (χ2v) is 6.85. The summed E-state index contributed by atoms with van der Waals surface area (Å²) in [5.41, 5.74) is 1.39. The van der Waals surface area contributed by atoms with E-state index >= 15 is 0 Å². The number of ether oxygens (including phenoxy) is 1. The lowest BCUT2D eigenvalue weighted by molar-refractivity contribution is -0.148. The van der Waals surface area contributed by atoms with Gasteiger partial charge in [-0.15, -0.1) is 0 Å². The second kappa shape index (κ2) is 7.23. The summed E-state index contributed by atoms with van der Waals surface area (Å²) in [7, 11) is 0. The number of hydrogen-bond acceptors (Lipinski definition) is 5. The van der Waals surface area contributed by atoms with Gasteiger partial charge in [0.05, 0.1) is 24.1 Å². The number of nitrogens with zero attached hydrogens (tertiary/aromatic N) is 4. The molecule has 4 rings (SSSR count). The predicted molar refractivity (Wildman–Crippen MR) is 103 cm³/mol. The van der Waals surface area contributed by atoms with Crippen LogP contribution in [0.15, 0.2) is 30.9 Å². The lowest BCUT2D eigenvalue weighted by Crippen LogP contribution is -2.24. The SMILES string of the molecule is CCOC(=O)[C@@H](C)[C@H](C)n1cc(F)c2cnc(-c3c[nH]c4ncc(F)cc34)nc21. The Morgan fingerprint density at radius 3 is 2.79 bits per heavy atom. The molecular weight excluding hydrogens is 380 g/mol. The first kappa shape index (κ1) is 19.0. The van der Waals surface area contributed by atoms with Crippen molar-refractivity contribution in [1.29, 1.82) is 0 Å². The summed E-state index contributed by atoms with van der Waals surface area (Å²) in [6.45, 7) is 5.53. The molecule has 0 aliphatic carbocycles. The van der Waals surface area contributed by atoms with E-state index < -0.39 is 23.6 Å². The third kappa shape index (κ3) is 3.22. The number of carbonyl (C=O) groups excluding carboxylic acids is 1. The second-order valence-electron chi connectivity index (χ2n) is 6.85. The van der Waals surface area contributed by atoms with Crippen LogP contribution in [0.4, 0.5) is 8.78 Å². The fourth-order valence-corrected chi connectivity index (χ4v) is 3.31. The fourth-order valence-electron chi connectivity index (χ4n) is 3.31. The highest BCUT2D eigenvalue weighted by molar-refractivity contribution is 5.92. The van der Waals surface area contributed by atoms with Crippen LogP contribution in [0.3, 0.4) is 0 Å². The lowest BCUT2D eigenvalue weighted by atomic mass is 10.0. The van der Waals surface area contributed by atoms with Crippen LogP contribution in [0.2, 0.25) is 0 Å². The van der Waals surface area contributed by atoms with Crippen molar-refractivity contribution in [3.05, 3.63) is 42.5 Å². The van der Waals surface area contributed by atoms with E-state index in [1.807, 2.05) is 0 Å². The zero-order valence-corrected chi connectivity index (χ0v) is 16.1. The maximum atomic E-state index is 14.5. The molecule has 0 fully saturated rings. The molecule has 0 amide bonds. The highest BCUT2D eigenvalue weighted by atomic mass is 19.1. The molecule has 1 N–H and O–H groups in total. The molecule has 2 atom stereocenters. The summed E-state index contributed by atoms with van der Waals surface area (Å²) in [5, 5.41) is 0.761. The van der Waals surface area contributed by atoms with E-state index in [0.29, 0.717) is 28.1 Å². The molecule has 0 bridgehead atoms. The average molecular weight is 399 g/mol. The Bertz CT molecular complexity index is 1220. The van der Waals surface area contributed by atoms with Gasteiger partial charge in [0.2, 0.25) is 0 Å². The van der Waals surface area contributed by atoms with Gasteiger partial charge in [0.25, 0.3) is 0 Å². The van der Waals surface area contributed by atoms with Gasteiger partial charge in [-0.3, -0.25) is 4.79 Å². The molecular formula is C20H19F2N5O2. The number of aromatic nitrogens is 5. The summed E-state index contributed by atoms with van der Waals surface area (Å²) < 4.78 is 34.8. The molecule has 9 heteroatoms. The number of carbonyl (C=O) groups is 1. The highest BCUT2D eigenvalue weighted by Gasteiger charge is 2.26. The standard InChI is InChI=1S/C20H19F2N5O2/c1-4-29-20(28)10(2)11(3)27-9-16(22)15-8-25-18(26-19(15)27)14-7-24-17-13(14)5-12(21)6-23-17/h5-11H,4H2,1-3H3,(H,23,24)/t10-,11-/m0/s1. The van der Waals surface area contributed by atoms with Gasteiger partial charge in [0, 0.05) is 35.6 Å². The maximum absolute atomic E-state index is 14.5. The minimum atomic E-state index is -0.505. The van der Waals surface area contributed by atoms with Gasteiger partial charge in [-0.1, -0.05) is 0 Å². The number of hydrogen-bond donors (Lipinski definition) is 1. The van der Waals surface area contributed by atoms with E-state index in [4.69, 9.17) is 4.74 Å². The molecule has 0 saturated carbocycles. The van der Waals surface area contributed by atoms with Crippen LogP contribution < -0.4 is 0 Å².